The SMILES string of the molecule is CC(C)Oc1cc(Sc2ncccc2Br)c(N)cc1F. The molecule has 0 fully saturated rings. The largest absolute Gasteiger partial charge is 0.488 e. The maximum absolute atomic E-state index is 13.8. The molecule has 0 amide bonds. The molecule has 2 rings (SSSR count). The standard InChI is InChI=1S/C14H14BrFN2OS/c1-8(2)19-12-7-13(11(17)6-10(12)16)20-14-9(15)4-3-5-18-14/h3-8H,17H2,1-2H3. The van der Waals surface area contributed by atoms with Gasteiger partial charge in [0, 0.05) is 22.8 Å². The van der Waals surface area contributed by atoms with Crippen molar-refractivity contribution in [1.82, 2.24) is 4.98 Å². The highest BCUT2D eigenvalue weighted by molar-refractivity contribution is 9.10. The Bertz CT molecular complexity index is 622. The maximum atomic E-state index is 13.8. The third-order valence-corrected chi connectivity index (χ3v) is 4.35. The molecule has 6 heteroatoms. The molecule has 0 aliphatic heterocycles. The number of ether oxygens (including phenoxy) is 1. The van der Waals surface area contributed by atoms with Gasteiger partial charge in [-0.15, -0.1) is 0 Å². The Morgan fingerprint density at radius 3 is 2.80 bits per heavy atom. The molecule has 0 atom stereocenters. The van der Waals surface area contributed by atoms with Crippen molar-refractivity contribution < 1.29 is 9.13 Å². The van der Waals surface area contributed by atoms with E-state index in [0.717, 1.165) is 9.50 Å². The van der Waals surface area contributed by atoms with Crippen LogP contribution in [0.3, 0.4) is 0 Å². The summed E-state index contributed by atoms with van der Waals surface area (Å²) in [5, 5.41) is 0.765. The Balaban J connectivity index is 2.34. The summed E-state index contributed by atoms with van der Waals surface area (Å²) in [4.78, 5) is 4.96. The van der Waals surface area contributed by atoms with E-state index in [1.165, 1.54) is 17.8 Å². The predicted octanol–water partition coefficient (Wildman–Crippen LogP) is 4.50. The molecule has 0 spiro atoms. The van der Waals surface area contributed by atoms with Crippen molar-refractivity contribution >= 4 is 33.4 Å². The molecular weight excluding hydrogens is 343 g/mol. The molecule has 20 heavy (non-hydrogen) atoms. The topological polar surface area (TPSA) is 48.1 Å². The Labute approximate surface area is 129 Å². The van der Waals surface area contributed by atoms with E-state index in [-0.39, 0.29) is 11.9 Å². The molecule has 2 N–H and O–H groups in total. The van der Waals surface area contributed by atoms with Crippen molar-refractivity contribution in [1.29, 1.82) is 0 Å². The Kier molecular flexibility index (Phi) is 4.88. The zero-order valence-corrected chi connectivity index (χ0v) is 13.5. The van der Waals surface area contributed by atoms with Gasteiger partial charge in [-0.2, -0.15) is 0 Å². The van der Waals surface area contributed by atoms with Crippen molar-refractivity contribution in [2.24, 2.45) is 0 Å². The van der Waals surface area contributed by atoms with E-state index in [4.69, 9.17) is 10.5 Å². The lowest BCUT2D eigenvalue weighted by Gasteiger charge is -2.13. The van der Waals surface area contributed by atoms with Crippen LogP contribution >= 0.6 is 27.7 Å². The molecule has 0 unspecified atom stereocenters. The second-order valence-electron chi connectivity index (χ2n) is 4.38. The smallest absolute Gasteiger partial charge is 0.167 e. The number of aromatic nitrogens is 1. The van der Waals surface area contributed by atoms with Crippen molar-refractivity contribution in [3.05, 3.63) is 40.8 Å². The molecule has 106 valence electrons. The number of hydrogen-bond acceptors (Lipinski definition) is 4. The number of pyridine rings is 1. The summed E-state index contributed by atoms with van der Waals surface area (Å²) in [6.07, 6.45) is 1.59. The molecule has 3 nitrogen and oxygen atoms in total. The third kappa shape index (κ3) is 3.64. The van der Waals surface area contributed by atoms with Gasteiger partial charge in [-0.3, -0.25) is 0 Å². The number of benzene rings is 1. The first kappa shape index (κ1) is 15.1. The fourth-order valence-corrected chi connectivity index (χ4v) is 2.86. The van der Waals surface area contributed by atoms with E-state index in [1.54, 1.807) is 12.3 Å². The maximum Gasteiger partial charge on any atom is 0.167 e. The van der Waals surface area contributed by atoms with Crippen LogP contribution in [0.1, 0.15) is 13.8 Å². The second kappa shape index (κ2) is 6.45. The highest BCUT2D eigenvalue weighted by Crippen LogP contribution is 2.38. The van der Waals surface area contributed by atoms with Crippen LogP contribution in [-0.2, 0) is 0 Å². The van der Waals surface area contributed by atoms with Crippen LogP contribution in [0, 0.1) is 5.82 Å². The Hall–Kier alpha value is -1.27. The molecule has 0 radical (unpaired) electrons. The molecule has 1 aromatic heterocycles. The third-order valence-electron chi connectivity index (χ3n) is 2.36. The predicted molar refractivity (Wildman–Crippen MR) is 82.6 cm³/mol. The lowest BCUT2D eigenvalue weighted by molar-refractivity contribution is 0.230. The van der Waals surface area contributed by atoms with Crippen LogP contribution in [0.15, 0.2) is 44.9 Å². The van der Waals surface area contributed by atoms with Crippen molar-refractivity contribution in [2.45, 2.75) is 29.9 Å². The van der Waals surface area contributed by atoms with Crippen LogP contribution in [0.4, 0.5) is 10.1 Å². The normalized spacial score (nSPS) is 10.8. The van der Waals surface area contributed by atoms with Crippen LogP contribution in [0.5, 0.6) is 5.75 Å². The molecule has 0 aliphatic carbocycles. The summed E-state index contributed by atoms with van der Waals surface area (Å²) in [5.74, 6) is -0.260. The molecule has 0 saturated heterocycles. The van der Waals surface area contributed by atoms with Crippen LogP contribution in [0.2, 0.25) is 0 Å². The van der Waals surface area contributed by atoms with Gasteiger partial charge in [0.1, 0.15) is 5.03 Å². The molecule has 1 heterocycles. The summed E-state index contributed by atoms with van der Waals surface area (Å²) in [5.41, 5.74) is 6.22. The fraction of sp³-hybridized carbons (Fsp3) is 0.214. The zero-order chi connectivity index (χ0) is 14.7. The minimum absolute atomic E-state index is 0.104. The first-order chi connectivity index (χ1) is 9.47. The van der Waals surface area contributed by atoms with Gasteiger partial charge in [-0.1, -0.05) is 11.8 Å². The summed E-state index contributed by atoms with van der Waals surface area (Å²) >= 11 is 4.78. The van der Waals surface area contributed by atoms with Gasteiger partial charge in [-0.25, -0.2) is 9.37 Å². The van der Waals surface area contributed by atoms with Gasteiger partial charge in [0.25, 0.3) is 0 Å². The van der Waals surface area contributed by atoms with E-state index in [0.29, 0.717) is 10.6 Å². The van der Waals surface area contributed by atoms with Gasteiger partial charge < -0.3 is 10.5 Å². The Morgan fingerprint density at radius 1 is 1.40 bits per heavy atom. The van der Waals surface area contributed by atoms with E-state index in [9.17, 15) is 4.39 Å². The van der Waals surface area contributed by atoms with Crippen molar-refractivity contribution in [3.8, 4) is 5.75 Å². The Morgan fingerprint density at radius 2 is 2.15 bits per heavy atom. The summed E-state index contributed by atoms with van der Waals surface area (Å²) in [6.45, 7) is 3.69. The van der Waals surface area contributed by atoms with Gasteiger partial charge >= 0.3 is 0 Å². The van der Waals surface area contributed by atoms with Crippen molar-refractivity contribution in [2.75, 3.05) is 5.73 Å². The molecule has 0 bridgehead atoms. The second-order valence-corrected chi connectivity index (χ2v) is 6.26. The monoisotopic (exact) mass is 356 g/mol. The molecule has 1 aromatic carbocycles. The van der Waals surface area contributed by atoms with E-state index in [1.807, 2.05) is 26.0 Å². The van der Waals surface area contributed by atoms with Crippen LogP contribution < -0.4 is 10.5 Å². The quantitative estimate of drug-likeness (QED) is 0.819. The number of anilines is 1. The van der Waals surface area contributed by atoms with Crippen molar-refractivity contribution in [3.63, 3.8) is 0 Å². The number of rotatable bonds is 4. The molecular formula is C14H14BrFN2OS. The van der Waals surface area contributed by atoms with E-state index < -0.39 is 5.82 Å². The molecule has 0 aliphatic rings. The number of hydrogen-bond donors (Lipinski definition) is 1. The lowest BCUT2D eigenvalue weighted by Crippen LogP contribution is -2.07. The number of nitrogen functional groups attached to an aromatic ring is 1. The molecule has 2 aromatic rings. The highest BCUT2D eigenvalue weighted by atomic mass is 79.9. The van der Waals surface area contributed by atoms with Crippen LogP contribution in [-0.4, -0.2) is 11.1 Å². The number of nitrogens with zero attached hydrogens (tertiary/aromatic N) is 1. The summed E-state index contributed by atoms with van der Waals surface area (Å²) in [6, 6.07) is 6.60. The van der Waals surface area contributed by atoms with Gasteiger partial charge in [0.15, 0.2) is 11.6 Å². The van der Waals surface area contributed by atoms with Gasteiger partial charge in [0.05, 0.1) is 10.6 Å². The summed E-state index contributed by atoms with van der Waals surface area (Å²) < 4.78 is 20.1. The number of halogens is 2. The lowest BCUT2D eigenvalue weighted by atomic mass is 10.3. The minimum atomic E-state index is -0.458. The average Bonchev–Trinajstić information content (AvgIpc) is 2.37. The average molecular weight is 357 g/mol. The first-order valence-corrected chi connectivity index (χ1v) is 7.62. The fourth-order valence-electron chi connectivity index (χ4n) is 1.53. The van der Waals surface area contributed by atoms with E-state index in [2.05, 4.69) is 20.9 Å². The summed E-state index contributed by atoms with van der Waals surface area (Å²) in [7, 11) is 0. The number of nitrogens with two attached hydrogens (primary N) is 1. The van der Waals surface area contributed by atoms with Crippen LogP contribution in [0.25, 0.3) is 0 Å². The van der Waals surface area contributed by atoms with Gasteiger partial charge in [-0.05, 0) is 48.0 Å². The van der Waals surface area contributed by atoms with Gasteiger partial charge in [0.2, 0.25) is 0 Å². The molecule has 0 saturated carbocycles. The zero-order valence-electron chi connectivity index (χ0n) is 11.1. The highest BCUT2D eigenvalue weighted by Gasteiger charge is 2.13. The first-order valence-electron chi connectivity index (χ1n) is 6.01. The minimum Gasteiger partial charge on any atom is -0.488 e. The van der Waals surface area contributed by atoms with E-state index >= 15 is 0 Å².